The molecule has 0 spiro atoms. The largest absolute Gasteiger partial charge is 0.481 e. The standard InChI is InChI=1S/C12H21N3O3/c16-11(17)9-10-3-1-7-15(10)12(18)14-6-2-4-13-5-8-14/h10,13H,1-9H2,(H,16,17). The molecule has 18 heavy (non-hydrogen) atoms. The number of nitrogens with one attached hydrogen (secondary N) is 1. The van der Waals surface area contributed by atoms with Gasteiger partial charge in [0.15, 0.2) is 0 Å². The molecule has 0 bridgehead atoms. The van der Waals surface area contributed by atoms with Crippen LogP contribution in [0.2, 0.25) is 0 Å². The number of carbonyl (C=O) groups excluding carboxylic acids is 1. The Balaban J connectivity index is 1.95. The summed E-state index contributed by atoms with van der Waals surface area (Å²) in [5.74, 6) is -0.822. The van der Waals surface area contributed by atoms with Crippen molar-refractivity contribution in [1.29, 1.82) is 0 Å². The SMILES string of the molecule is O=C(O)CC1CCCN1C(=O)N1CCCNCC1. The number of hydrogen-bond donors (Lipinski definition) is 2. The van der Waals surface area contributed by atoms with E-state index in [0.717, 1.165) is 45.4 Å². The fraction of sp³-hybridized carbons (Fsp3) is 0.833. The van der Waals surface area contributed by atoms with Crippen LogP contribution in [0.3, 0.4) is 0 Å². The minimum atomic E-state index is -0.822. The van der Waals surface area contributed by atoms with Crippen molar-refractivity contribution in [1.82, 2.24) is 15.1 Å². The highest BCUT2D eigenvalue weighted by atomic mass is 16.4. The number of carboxylic acids is 1. The molecule has 2 aliphatic heterocycles. The predicted molar refractivity (Wildman–Crippen MR) is 66.4 cm³/mol. The highest BCUT2D eigenvalue weighted by molar-refractivity contribution is 5.76. The van der Waals surface area contributed by atoms with E-state index in [9.17, 15) is 9.59 Å². The Morgan fingerprint density at radius 1 is 1.17 bits per heavy atom. The number of nitrogens with zero attached hydrogens (tertiary/aromatic N) is 2. The molecule has 2 aliphatic rings. The summed E-state index contributed by atoms with van der Waals surface area (Å²) in [4.78, 5) is 26.8. The lowest BCUT2D eigenvalue weighted by molar-refractivity contribution is -0.138. The van der Waals surface area contributed by atoms with Crippen molar-refractivity contribution in [2.75, 3.05) is 32.7 Å². The van der Waals surface area contributed by atoms with Crippen molar-refractivity contribution >= 4 is 12.0 Å². The minimum absolute atomic E-state index is 0.0162. The van der Waals surface area contributed by atoms with E-state index >= 15 is 0 Å². The fourth-order valence-electron chi connectivity index (χ4n) is 2.72. The van der Waals surface area contributed by atoms with Crippen molar-refractivity contribution in [2.24, 2.45) is 0 Å². The number of aliphatic carboxylic acids is 1. The molecule has 2 saturated heterocycles. The first-order valence-electron chi connectivity index (χ1n) is 6.66. The molecule has 0 radical (unpaired) electrons. The monoisotopic (exact) mass is 255 g/mol. The molecule has 2 heterocycles. The summed E-state index contributed by atoms with van der Waals surface area (Å²) in [5, 5.41) is 12.1. The third-order valence-corrected chi connectivity index (χ3v) is 3.64. The number of carbonyl (C=O) groups is 2. The number of amides is 2. The molecule has 6 heteroatoms. The highest BCUT2D eigenvalue weighted by Gasteiger charge is 2.32. The maximum absolute atomic E-state index is 12.4. The maximum atomic E-state index is 12.4. The third kappa shape index (κ3) is 3.13. The van der Waals surface area contributed by atoms with Gasteiger partial charge >= 0.3 is 12.0 Å². The van der Waals surface area contributed by atoms with Crippen LogP contribution in [0.15, 0.2) is 0 Å². The molecule has 0 aromatic heterocycles. The zero-order valence-corrected chi connectivity index (χ0v) is 10.6. The minimum Gasteiger partial charge on any atom is -0.481 e. The summed E-state index contributed by atoms with van der Waals surface area (Å²) < 4.78 is 0. The van der Waals surface area contributed by atoms with E-state index in [1.807, 2.05) is 4.90 Å². The zero-order chi connectivity index (χ0) is 13.0. The third-order valence-electron chi connectivity index (χ3n) is 3.64. The van der Waals surface area contributed by atoms with E-state index in [1.165, 1.54) is 0 Å². The van der Waals surface area contributed by atoms with Crippen molar-refractivity contribution in [3.63, 3.8) is 0 Å². The Morgan fingerprint density at radius 3 is 2.78 bits per heavy atom. The van der Waals surface area contributed by atoms with Gasteiger partial charge in [-0.3, -0.25) is 4.79 Å². The molecular weight excluding hydrogens is 234 g/mol. The number of hydrogen-bond acceptors (Lipinski definition) is 3. The molecule has 6 nitrogen and oxygen atoms in total. The number of carboxylic acid groups (broad SMARTS) is 1. The second-order valence-corrected chi connectivity index (χ2v) is 4.96. The van der Waals surface area contributed by atoms with Crippen LogP contribution in [0.4, 0.5) is 4.79 Å². The van der Waals surface area contributed by atoms with Crippen LogP contribution >= 0.6 is 0 Å². The van der Waals surface area contributed by atoms with E-state index < -0.39 is 5.97 Å². The number of urea groups is 1. The van der Waals surface area contributed by atoms with E-state index in [1.54, 1.807) is 4.90 Å². The molecular formula is C12H21N3O3. The Kier molecular flexibility index (Phi) is 4.41. The first-order valence-corrected chi connectivity index (χ1v) is 6.66. The summed E-state index contributed by atoms with van der Waals surface area (Å²) >= 11 is 0. The summed E-state index contributed by atoms with van der Waals surface area (Å²) in [5.41, 5.74) is 0. The van der Waals surface area contributed by atoms with E-state index in [-0.39, 0.29) is 18.5 Å². The molecule has 2 amide bonds. The van der Waals surface area contributed by atoms with Gasteiger partial charge in [-0.25, -0.2) is 4.79 Å². The molecule has 1 atom stereocenters. The molecule has 0 aromatic rings. The van der Waals surface area contributed by atoms with Gasteiger partial charge in [0.1, 0.15) is 0 Å². The van der Waals surface area contributed by atoms with Crippen molar-refractivity contribution in [2.45, 2.75) is 31.7 Å². The van der Waals surface area contributed by atoms with Gasteiger partial charge in [0, 0.05) is 32.2 Å². The quantitative estimate of drug-likeness (QED) is 0.746. The second kappa shape index (κ2) is 6.04. The molecule has 0 aliphatic carbocycles. The van der Waals surface area contributed by atoms with Gasteiger partial charge in [0.25, 0.3) is 0 Å². The zero-order valence-electron chi connectivity index (χ0n) is 10.6. The molecule has 2 rings (SSSR count). The Morgan fingerprint density at radius 2 is 2.00 bits per heavy atom. The summed E-state index contributed by atoms with van der Waals surface area (Å²) in [6.07, 6.45) is 2.75. The first-order chi connectivity index (χ1) is 8.68. The van der Waals surface area contributed by atoms with Crippen LogP contribution in [0.25, 0.3) is 0 Å². The van der Waals surface area contributed by atoms with Gasteiger partial charge in [-0.2, -0.15) is 0 Å². The second-order valence-electron chi connectivity index (χ2n) is 4.96. The Bertz CT molecular complexity index is 314. The highest BCUT2D eigenvalue weighted by Crippen LogP contribution is 2.22. The van der Waals surface area contributed by atoms with E-state index in [4.69, 9.17) is 5.11 Å². The smallest absolute Gasteiger partial charge is 0.320 e. The van der Waals surface area contributed by atoms with Crippen molar-refractivity contribution in [3.8, 4) is 0 Å². The van der Waals surface area contributed by atoms with Crippen LogP contribution in [0, 0.1) is 0 Å². The average Bonchev–Trinajstić information content (AvgIpc) is 2.63. The number of rotatable bonds is 2. The fourth-order valence-corrected chi connectivity index (χ4v) is 2.72. The van der Waals surface area contributed by atoms with Gasteiger partial charge < -0.3 is 20.2 Å². The Hall–Kier alpha value is -1.30. The topological polar surface area (TPSA) is 72.9 Å². The molecule has 0 saturated carbocycles. The average molecular weight is 255 g/mol. The lowest BCUT2D eigenvalue weighted by atomic mass is 10.1. The van der Waals surface area contributed by atoms with E-state index in [2.05, 4.69) is 5.32 Å². The van der Waals surface area contributed by atoms with Gasteiger partial charge in [0.05, 0.1) is 6.42 Å². The van der Waals surface area contributed by atoms with Crippen LogP contribution in [-0.4, -0.2) is 65.7 Å². The van der Waals surface area contributed by atoms with Crippen LogP contribution in [-0.2, 0) is 4.79 Å². The van der Waals surface area contributed by atoms with Gasteiger partial charge in [-0.05, 0) is 25.8 Å². The summed E-state index contributed by atoms with van der Waals surface area (Å²) in [6.45, 7) is 3.95. The lowest BCUT2D eigenvalue weighted by Gasteiger charge is -2.30. The molecule has 0 aromatic carbocycles. The maximum Gasteiger partial charge on any atom is 0.320 e. The van der Waals surface area contributed by atoms with Crippen LogP contribution in [0.1, 0.15) is 25.7 Å². The predicted octanol–water partition coefficient (Wildman–Crippen LogP) is 0.341. The molecule has 1 unspecified atom stereocenters. The van der Waals surface area contributed by atoms with Gasteiger partial charge in [-0.1, -0.05) is 0 Å². The lowest BCUT2D eigenvalue weighted by Crippen LogP contribution is -2.47. The van der Waals surface area contributed by atoms with Gasteiger partial charge in [0.2, 0.25) is 0 Å². The van der Waals surface area contributed by atoms with E-state index in [0.29, 0.717) is 6.54 Å². The van der Waals surface area contributed by atoms with Crippen LogP contribution in [0.5, 0.6) is 0 Å². The van der Waals surface area contributed by atoms with Crippen LogP contribution < -0.4 is 5.32 Å². The van der Waals surface area contributed by atoms with Crippen molar-refractivity contribution < 1.29 is 14.7 Å². The molecule has 2 fully saturated rings. The normalized spacial score (nSPS) is 25.0. The Labute approximate surface area is 107 Å². The molecule has 2 N–H and O–H groups in total. The summed E-state index contributed by atoms with van der Waals surface area (Å²) in [6, 6.07) is -0.103. The van der Waals surface area contributed by atoms with Gasteiger partial charge in [-0.15, -0.1) is 0 Å². The number of likely N-dealkylation sites (tertiary alicyclic amines) is 1. The van der Waals surface area contributed by atoms with Crippen molar-refractivity contribution in [3.05, 3.63) is 0 Å². The first kappa shape index (κ1) is 13.1. The summed E-state index contributed by atoms with van der Waals surface area (Å²) in [7, 11) is 0. The molecule has 102 valence electrons.